The van der Waals surface area contributed by atoms with Crippen molar-refractivity contribution in [1.82, 2.24) is 14.6 Å². The number of aromatic carboxylic acids is 1. The first-order valence-electron chi connectivity index (χ1n) is 10.0. The molecule has 0 atom stereocenters. The molecule has 7 heteroatoms. The highest BCUT2D eigenvalue weighted by Gasteiger charge is 2.09. The van der Waals surface area contributed by atoms with Crippen LogP contribution in [-0.4, -0.2) is 32.3 Å². The van der Waals surface area contributed by atoms with Gasteiger partial charge in [-0.05, 0) is 80.6 Å². The zero-order valence-electron chi connectivity index (χ0n) is 17.7. The van der Waals surface area contributed by atoms with E-state index >= 15 is 0 Å². The van der Waals surface area contributed by atoms with Crippen LogP contribution < -0.4 is 5.43 Å². The van der Waals surface area contributed by atoms with Crippen LogP contribution in [0, 0.1) is 13.8 Å². The molecule has 0 aliphatic carbocycles. The normalized spacial score (nSPS) is 11.1. The summed E-state index contributed by atoms with van der Waals surface area (Å²) in [4.78, 5) is 23.7. The molecule has 0 saturated heterocycles. The molecule has 160 valence electrons. The number of nitrogens with zero attached hydrogens (tertiary/aromatic N) is 3. The van der Waals surface area contributed by atoms with Gasteiger partial charge in [0.05, 0.1) is 17.5 Å². The Hall–Kier alpha value is -4.39. The minimum Gasteiger partial charge on any atom is -0.478 e. The molecule has 0 aliphatic rings. The quantitative estimate of drug-likeness (QED) is 0.355. The monoisotopic (exact) mass is 426 g/mol. The van der Waals surface area contributed by atoms with E-state index in [0.717, 1.165) is 17.1 Å². The van der Waals surface area contributed by atoms with E-state index < -0.39 is 5.97 Å². The maximum atomic E-state index is 12.5. The van der Waals surface area contributed by atoms with Crippen LogP contribution in [0.5, 0.6) is 0 Å². The Morgan fingerprint density at radius 1 is 0.875 bits per heavy atom. The number of aromatic nitrogens is 2. The van der Waals surface area contributed by atoms with Crippen molar-refractivity contribution in [1.29, 1.82) is 0 Å². The Morgan fingerprint density at radius 2 is 1.59 bits per heavy atom. The lowest BCUT2D eigenvalue weighted by atomic mass is 10.2. The summed E-state index contributed by atoms with van der Waals surface area (Å²) in [7, 11) is 0. The van der Waals surface area contributed by atoms with E-state index in [0.29, 0.717) is 16.9 Å². The lowest BCUT2D eigenvalue weighted by Gasteiger charge is -2.10. The van der Waals surface area contributed by atoms with E-state index in [1.165, 1.54) is 12.3 Å². The molecular weight excluding hydrogens is 404 g/mol. The summed E-state index contributed by atoms with van der Waals surface area (Å²) < 4.78 is 3.91. The molecular formula is C25H22N4O3. The van der Waals surface area contributed by atoms with Crippen molar-refractivity contribution in [3.8, 4) is 11.4 Å². The van der Waals surface area contributed by atoms with E-state index in [9.17, 15) is 14.7 Å². The number of carbonyl (C=O) groups is 2. The Labute approximate surface area is 185 Å². The number of hydrogen-bond donors (Lipinski definition) is 2. The number of rotatable bonds is 6. The summed E-state index contributed by atoms with van der Waals surface area (Å²) in [5, 5.41) is 13.3. The molecule has 0 fully saturated rings. The molecule has 2 aromatic carbocycles. The molecule has 2 N–H and O–H groups in total. The van der Waals surface area contributed by atoms with Gasteiger partial charge >= 0.3 is 5.97 Å². The van der Waals surface area contributed by atoms with Gasteiger partial charge in [0.25, 0.3) is 5.91 Å². The number of nitrogens with one attached hydrogen (secondary N) is 1. The summed E-state index contributed by atoms with van der Waals surface area (Å²) in [6.07, 6.45) is 3.32. The Bertz CT molecular complexity index is 1290. The minimum atomic E-state index is -0.991. The maximum Gasteiger partial charge on any atom is 0.335 e. The zero-order chi connectivity index (χ0) is 22.7. The molecule has 2 aromatic heterocycles. The second kappa shape index (κ2) is 8.77. The third-order valence-electron chi connectivity index (χ3n) is 5.17. The van der Waals surface area contributed by atoms with E-state index in [1.54, 1.807) is 41.1 Å². The molecule has 1 amide bonds. The van der Waals surface area contributed by atoms with Gasteiger partial charge in [-0.3, -0.25) is 4.79 Å². The zero-order valence-corrected chi connectivity index (χ0v) is 17.7. The van der Waals surface area contributed by atoms with Gasteiger partial charge in [-0.15, -0.1) is 0 Å². The molecule has 0 radical (unpaired) electrons. The number of carbonyl (C=O) groups excluding carboxylic acids is 1. The van der Waals surface area contributed by atoms with Gasteiger partial charge in [0.2, 0.25) is 0 Å². The van der Waals surface area contributed by atoms with Crippen molar-refractivity contribution in [3.63, 3.8) is 0 Å². The van der Waals surface area contributed by atoms with Crippen molar-refractivity contribution in [2.45, 2.75) is 13.8 Å². The number of aryl methyl sites for hydroxylation is 2. The first-order chi connectivity index (χ1) is 15.4. The van der Waals surface area contributed by atoms with Crippen LogP contribution in [0.1, 0.15) is 37.8 Å². The van der Waals surface area contributed by atoms with Gasteiger partial charge in [-0.1, -0.05) is 6.07 Å². The fraction of sp³-hybridized carbons (Fsp3) is 0.0800. The average Bonchev–Trinajstić information content (AvgIpc) is 3.40. The fourth-order valence-electron chi connectivity index (χ4n) is 3.58. The lowest BCUT2D eigenvalue weighted by molar-refractivity contribution is 0.0696. The molecule has 2 heterocycles. The van der Waals surface area contributed by atoms with Crippen molar-refractivity contribution >= 4 is 18.1 Å². The van der Waals surface area contributed by atoms with Crippen LogP contribution in [0.25, 0.3) is 11.4 Å². The number of amides is 1. The summed E-state index contributed by atoms with van der Waals surface area (Å²) in [5.74, 6) is -1.31. The first-order valence-corrected chi connectivity index (χ1v) is 10.0. The smallest absolute Gasteiger partial charge is 0.335 e. The molecule has 0 spiro atoms. The van der Waals surface area contributed by atoms with Crippen LogP contribution in [0.15, 0.2) is 84.1 Å². The SMILES string of the molecule is Cc1ccc(C)n1-c1ccc(C(=O)N/N=C\c2cccn2-c2cccc(C(=O)O)c2)cc1. The molecule has 7 nitrogen and oxygen atoms in total. The Kier molecular flexibility index (Phi) is 5.72. The van der Waals surface area contributed by atoms with E-state index in [-0.39, 0.29) is 11.5 Å². The van der Waals surface area contributed by atoms with E-state index in [2.05, 4.69) is 27.2 Å². The molecule has 0 saturated carbocycles. The third-order valence-corrected chi connectivity index (χ3v) is 5.17. The van der Waals surface area contributed by atoms with Crippen molar-refractivity contribution in [2.24, 2.45) is 5.10 Å². The van der Waals surface area contributed by atoms with Gasteiger partial charge in [0.15, 0.2) is 0 Å². The highest BCUT2D eigenvalue weighted by molar-refractivity contribution is 5.95. The van der Waals surface area contributed by atoms with Gasteiger partial charge < -0.3 is 14.2 Å². The summed E-state index contributed by atoms with van der Waals surface area (Å²) in [6, 6.07) is 21.7. The van der Waals surface area contributed by atoms with E-state index in [4.69, 9.17) is 0 Å². The highest BCUT2D eigenvalue weighted by Crippen LogP contribution is 2.17. The molecule has 0 aliphatic heterocycles. The number of hydrazone groups is 1. The largest absolute Gasteiger partial charge is 0.478 e. The Morgan fingerprint density at radius 3 is 2.28 bits per heavy atom. The summed E-state index contributed by atoms with van der Waals surface area (Å²) in [5.41, 5.74) is 7.86. The van der Waals surface area contributed by atoms with Crippen molar-refractivity contribution in [3.05, 3.63) is 107 Å². The predicted molar refractivity (Wildman–Crippen MR) is 123 cm³/mol. The van der Waals surface area contributed by atoms with Crippen LogP contribution >= 0.6 is 0 Å². The number of hydrogen-bond acceptors (Lipinski definition) is 3. The lowest BCUT2D eigenvalue weighted by Crippen LogP contribution is -2.18. The first kappa shape index (κ1) is 20.9. The molecule has 0 bridgehead atoms. The van der Waals surface area contributed by atoms with Crippen LogP contribution in [0.3, 0.4) is 0 Å². The molecule has 0 unspecified atom stereocenters. The number of carboxylic acids is 1. The maximum absolute atomic E-state index is 12.5. The standard InChI is InChI=1S/C25H22N4O3/c1-17-8-9-18(2)29(17)21-12-10-19(11-13-21)24(30)27-26-16-23-7-4-14-28(23)22-6-3-5-20(15-22)25(31)32/h3-16H,1-2H3,(H,27,30)(H,31,32)/b26-16-. The second-order valence-electron chi connectivity index (χ2n) is 7.36. The molecule has 32 heavy (non-hydrogen) atoms. The topological polar surface area (TPSA) is 88.6 Å². The second-order valence-corrected chi connectivity index (χ2v) is 7.36. The highest BCUT2D eigenvalue weighted by atomic mass is 16.4. The van der Waals surface area contributed by atoms with Gasteiger partial charge in [-0.25, -0.2) is 10.2 Å². The van der Waals surface area contributed by atoms with Crippen molar-refractivity contribution < 1.29 is 14.7 Å². The van der Waals surface area contributed by atoms with Crippen LogP contribution in [0.4, 0.5) is 0 Å². The van der Waals surface area contributed by atoms with Crippen LogP contribution in [0.2, 0.25) is 0 Å². The summed E-state index contributed by atoms with van der Waals surface area (Å²) in [6.45, 7) is 4.08. The van der Waals surface area contributed by atoms with Gasteiger partial charge in [0.1, 0.15) is 0 Å². The van der Waals surface area contributed by atoms with E-state index in [1.807, 2.05) is 38.1 Å². The Balaban J connectivity index is 1.46. The number of carboxylic acid groups (broad SMARTS) is 1. The molecule has 4 rings (SSSR count). The summed E-state index contributed by atoms with van der Waals surface area (Å²) >= 11 is 0. The van der Waals surface area contributed by atoms with Crippen LogP contribution in [-0.2, 0) is 0 Å². The molecule has 4 aromatic rings. The van der Waals surface area contributed by atoms with Gasteiger partial charge in [0, 0.05) is 34.5 Å². The minimum absolute atomic E-state index is 0.195. The number of benzene rings is 2. The fourth-order valence-corrected chi connectivity index (χ4v) is 3.58. The predicted octanol–water partition coefficient (Wildman–Crippen LogP) is 4.35. The van der Waals surface area contributed by atoms with Crippen molar-refractivity contribution in [2.75, 3.05) is 0 Å². The van der Waals surface area contributed by atoms with Gasteiger partial charge in [-0.2, -0.15) is 5.10 Å². The third kappa shape index (κ3) is 4.22. The average molecular weight is 426 g/mol.